The predicted octanol–water partition coefficient (Wildman–Crippen LogP) is 2.39. The van der Waals surface area contributed by atoms with Crippen LogP contribution in [0.15, 0.2) is 29.3 Å². The van der Waals surface area contributed by atoms with Crippen LogP contribution < -0.4 is 10.6 Å². The van der Waals surface area contributed by atoms with Gasteiger partial charge in [0.15, 0.2) is 5.96 Å². The molecule has 1 aliphatic carbocycles. The van der Waals surface area contributed by atoms with Crippen LogP contribution in [0.4, 0.5) is 0 Å². The van der Waals surface area contributed by atoms with Gasteiger partial charge in [-0.2, -0.15) is 0 Å². The molecule has 0 aromatic heterocycles. The molecule has 1 fully saturated rings. The molecule has 1 aromatic carbocycles. The fourth-order valence-electron chi connectivity index (χ4n) is 2.84. The summed E-state index contributed by atoms with van der Waals surface area (Å²) < 4.78 is 0. The zero-order valence-corrected chi connectivity index (χ0v) is 14.4. The highest BCUT2D eigenvalue weighted by molar-refractivity contribution is 5.93. The van der Waals surface area contributed by atoms with Gasteiger partial charge in [-0.3, -0.25) is 9.79 Å². The summed E-state index contributed by atoms with van der Waals surface area (Å²) >= 11 is 0. The van der Waals surface area contributed by atoms with Gasteiger partial charge in [-0.25, -0.2) is 0 Å². The van der Waals surface area contributed by atoms with E-state index in [9.17, 15) is 4.79 Å². The maximum atomic E-state index is 11.9. The van der Waals surface area contributed by atoms with Crippen molar-refractivity contribution in [2.75, 3.05) is 21.1 Å². The van der Waals surface area contributed by atoms with Crippen LogP contribution in [0.25, 0.3) is 0 Å². The average molecular weight is 316 g/mol. The van der Waals surface area contributed by atoms with Crippen molar-refractivity contribution < 1.29 is 4.79 Å². The Hall–Kier alpha value is -2.04. The largest absolute Gasteiger partial charge is 0.354 e. The van der Waals surface area contributed by atoms with Crippen LogP contribution in [0, 0.1) is 0 Å². The molecular formula is C18H28N4O. The molecule has 0 atom stereocenters. The minimum Gasteiger partial charge on any atom is -0.354 e. The van der Waals surface area contributed by atoms with E-state index in [0.717, 1.165) is 11.5 Å². The molecule has 0 bridgehead atoms. The number of amides is 1. The van der Waals surface area contributed by atoms with Crippen LogP contribution in [-0.2, 0) is 6.54 Å². The molecule has 0 saturated heterocycles. The number of hydrogen-bond acceptors (Lipinski definition) is 2. The van der Waals surface area contributed by atoms with Crippen molar-refractivity contribution in [3.05, 3.63) is 35.4 Å². The minimum atomic E-state index is 0.0271. The van der Waals surface area contributed by atoms with E-state index in [1.54, 1.807) is 26.0 Å². The molecule has 1 saturated carbocycles. The maximum Gasteiger partial charge on any atom is 0.253 e. The molecule has 0 aliphatic heterocycles. The first-order valence-corrected chi connectivity index (χ1v) is 8.38. The number of hydrogen-bond donors (Lipinski definition) is 2. The Morgan fingerprint density at radius 1 is 1.17 bits per heavy atom. The second-order valence-electron chi connectivity index (χ2n) is 6.30. The Bertz CT molecular complexity index is 530. The predicted molar refractivity (Wildman–Crippen MR) is 94.7 cm³/mol. The van der Waals surface area contributed by atoms with E-state index in [4.69, 9.17) is 0 Å². The van der Waals surface area contributed by atoms with Gasteiger partial charge in [0, 0.05) is 39.3 Å². The van der Waals surface area contributed by atoms with Crippen molar-refractivity contribution >= 4 is 11.9 Å². The van der Waals surface area contributed by atoms with E-state index >= 15 is 0 Å². The van der Waals surface area contributed by atoms with Crippen molar-refractivity contribution in [3.8, 4) is 0 Å². The van der Waals surface area contributed by atoms with Gasteiger partial charge in [0.2, 0.25) is 0 Å². The zero-order chi connectivity index (χ0) is 16.7. The Labute approximate surface area is 139 Å². The Balaban J connectivity index is 1.85. The maximum absolute atomic E-state index is 11.9. The SMILES string of the molecule is CN=C(NCc1ccc(C(=O)N(C)C)cc1)NC1CCCCC1. The normalized spacial score (nSPS) is 16.0. The molecule has 5 heteroatoms. The quantitative estimate of drug-likeness (QED) is 0.662. The highest BCUT2D eigenvalue weighted by Gasteiger charge is 2.14. The van der Waals surface area contributed by atoms with Crippen molar-refractivity contribution in [2.45, 2.75) is 44.7 Å². The lowest BCUT2D eigenvalue weighted by molar-refractivity contribution is 0.0827. The lowest BCUT2D eigenvalue weighted by atomic mass is 9.96. The van der Waals surface area contributed by atoms with Crippen molar-refractivity contribution in [1.29, 1.82) is 0 Å². The number of aliphatic imine (C=N–C) groups is 1. The summed E-state index contributed by atoms with van der Waals surface area (Å²) in [5.41, 5.74) is 1.84. The molecule has 2 rings (SSSR count). The lowest BCUT2D eigenvalue weighted by Crippen LogP contribution is -2.43. The third-order valence-corrected chi connectivity index (χ3v) is 4.24. The molecule has 1 aromatic rings. The van der Waals surface area contributed by atoms with Gasteiger partial charge < -0.3 is 15.5 Å². The summed E-state index contributed by atoms with van der Waals surface area (Å²) in [5.74, 6) is 0.879. The van der Waals surface area contributed by atoms with E-state index in [1.807, 2.05) is 24.3 Å². The topological polar surface area (TPSA) is 56.7 Å². The number of carbonyl (C=O) groups is 1. The second-order valence-corrected chi connectivity index (χ2v) is 6.30. The molecule has 0 radical (unpaired) electrons. The van der Waals surface area contributed by atoms with Crippen molar-refractivity contribution in [2.24, 2.45) is 4.99 Å². The fourth-order valence-corrected chi connectivity index (χ4v) is 2.84. The third-order valence-electron chi connectivity index (χ3n) is 4.24. The second kappa shape index (κ2) is 8.56. The molecule has 0 spiro atoms. The Morgan fingerprint density at radius 3 is 2.39 bits per heavy atom. The van der Waals surface area contributed by atoms with E-state index in [0.29, 0.717) is 18.2 Å². The van der Waals surface area contributed by atoms with Crippen LogP contribution >= 0.6 is 0 Å². The van der Waals surface area contributed by atoms with Gasteiger partial charge in [-0.05, 0) is 30.5 Å². The number of rotatable bonds is 4. The van der Waals surface area contributed by atoms with Crippen LogP contribution in [-0.4, -0.2) is 44.0 Å². The summed E-state index contributed by atoms with van der Waals surface area (Å²) in [5, 5.41) is 6.85. The number of benzene rings is 1. The average Bonchev–Trinajstić information content (AvgIpc) is 2.59. The zero-order valence-electron chi connectivity index (χ0n) is 14.4. The van der Waals surface area contributed by atoms with E-state index in [2.05, 4.69) is 15.6 Å². The lowest BCUT2D eigenvalue weighted by Gasteiger charge is -2.24. The standard InChI is InChI=1S/C18H28N4O/c1-19-18(21-16-7-5-4-6-8-16)20-13-14-9-11-15(12-10-14)17(23)22(2)3/h9-12,16H,4-8,13H2,1-3H3,(H2,19,20,21). The van der Waals surface area contributed by atoms with E-state index in [1.165, 1.54) is 32.1 Å². The van der Waals surface area contributed by atoms with Gasteiger partial charge >= 0.3 is 0 Å². The first kappa shape index (κ1) is 17.3. The third kappa shape index (κ3) is 5.27. The monoisotopic (exact) mass is 316 g/mol. The summed E-state index contributed by atoms with van der Waals surface area (Å²) in [7, 11) is 5.33. The molecule has 0 unspecified atom stereocenters. The van der Waals surface area contributed by atoms with Crippen LogP contribution in [0.5, 0.6) is 0 Å². The first-order valence-electron chi connectivity index (χ1n) is 8.38. The summed E-state index contributed by atoms with van der Waals surface area (Å²) in [6.45, 7) is 0.697. The molecule has 23 heavy (non-hydrogen) atoms. The number of nitrogens with one attached hydrogen (secondary N) is 2. The van der Waals surface area contributed by atoms with Crippen molar-refractivity contribution in [3.63, 3.8) is 0 Å². The molecule has 1 amide bonds. The van der Waals surface area contributed by atoms with Crippen LogP contribution in [0.2, 0.25) is 0 Å². The molecule has 5 nitrogen and oxygen atoms in total. The highest BCUT2D eigenvalue weighted by Crippen LogP contribution is 2.17. The summed E-state index contributed by atoms with van der Waals surface area (Å²) in [4.78, 5) is 17.8. The number of nitrogens with zero attached hydrogens (tertiary/aromatic N) is 2. The molecular weight excluding hydrogens is 288 g/mol. The highest BCUT2D eigenvalue weighted by atomic mass is 16.2. The summed E-state index contributed by atoms with van der Waals surface area (Å²) in [6, 6.07) is 8.25. The molecule has 0 heterocycles. The van der Waals surface area contributed by atoms with Gasteiger partial charge in [0.05, 0.1) is 0 Å². The molecule has 2 N–H and O–H groups in total. The molecule has 126 valence electrons. The number of carbonyl (C=O) groups excluding carboxylic acids is 1. The minimum absolute atomic E-state index is 0.0271. The van der Waals surface area contributed by atoms with Gasteiger partial charge in [-0.15, -0.1) is 0 Å². The fraction of sp³-hybridized carbons (Fsp3) is 0.556. The first-order chi connectivity index (χ1) is 11.1. The molecule has 1 aliphatic rings. The van der Waals surface area contributed by atoms with Crippen molar-refractivity contribution in [1.82, 2.24) is 15.5 Å². The van der Waals surface area contributed by atoms with Gasteiger partial charge in [-0.1, -0.05) is 31.4 Å². The van der Waals surface area contributed by atoms with E-state index < -0.39 is 0 Å². The Kier molecular flexibility index (Phi) is 6.44. The van der Waals surface area contributed by atoms with E-state index in [-0.39, 0.29) is 5.91 Å². The van der Waals surface area contributed by atoms with Crippen LogP contribution in [0.3, 0.4) is 0 Å². The van der Waals surface area contributed by atoms with Gasteiger partial charge in [0.1, 0.15) is 0 Å². The number of guanidine groups is 1. The summed E-state index contributed by atoms with van der Waals surface area (Å²) in [6.07, 6.45) is 6.40. The Morgan fingerprint density at radius 2 is 1.83 bits per heavy atom. The van der Waals surface area contributed by atoms with Crippen LogP contribution in [0.1, 0.15) is 48.0 Å². The smallest absolute Gasteiger partial charge is 0.253 e. The van der Waals surface area contributed by atoms with Gasteiger partial charge in [0.25, 0.3) is 5.91 Å².